The third-order valence-corrected chi connectivity index (χ3v) is 8.29. The lowest BCUT2D eigenvalue weighted by molar-refractivity contribution is 0.483. The van der Waals surface area contributed by atoms with Crippen molar-refractivity contribution in [1.29, 1.82) is 0 Å². The summed E-state index contributed by atoms with van der Waals surface area (Å²) < 4.78 is 6.71. The average Bonchev–Trinajstić information content (AvgIpc) is 3.14. The van der Waals surface area contributed by atoms with Crippen LogP contribution in [0.3, 0.4) is 0 Å². The van der Waals surface area contributed by atoms with Crippen molar-refractivity contribution in [1.82, 2.24) is 4.98 Å². The van der Waals surface area contributed by atoms with Gasteiger partial charge in [-0.3, -0.25) is 4.98 Å². The minimum absolute atomic E-state index is 0.0437. The minimum atomic E-state index is -0.0437. The number of nitrogens with zero attached hydrogens (tertiary/aromatic N) is 1. The van der Waals surface area contributed by atoms with Gasteiger partial charge < -0.3 is 4.74 Å². The lowest BCUT2D eigenvalue weighted by Crippen LogP contribution is -2.31. The summed E-state index contributed by atoms with van der Waals surface area (Å²) in [5.41, 5.74) is 10.3. The average molecular weight is 494 g/mol. The Morgan fingerprint density at radius 3 is 2.29 bits per heavy atom. The van der Waals surface area contributed by atoms with Gasteiger partial charge in [0, 0.05) is 33.8 Å². The fraction of sp³-hybridized carbons (Fsp3) is 0.194. The number of aromatic nitrogens is 1. The Morgan fingerprint density at radius 2 is 1.47 bits per heavy atom. The molecule has 4 aromatic carbocycles. The van der Waals surface area contributed by atoms with Crippen LogP contribution in [0.4, 0.5) is 0 Å². The highest BCUT2D eigenvalue weighted by molar-refractivity contribution is 6.01. The largest absolute Gasteiger partial charge is 0.456 e. The zero-order valence-corrected chi connectivity index (χ0v) is 22.4. The summed E-state index contributed by atoms with van der Waals surface area (Å²) in [5.74, 6) is 1.81. The second-order valence-corrected chi connectivity index (χ2v) is 11.3. The van der Waals surface area contributed by atoms with Crippen molar-refractivity contribution in [2.45, 2.75) is 46.0 Å². The van der Waals surface area contributed by atoms with E-state index in [0.717, 1.165) is 35.1 Å². The number of fused-ring (bicyclic) bond motifs is 5. The van der Waals surface area contributed by atoms with Gasteiger partial charge in [-0.05, 0) is 101 Å². The van der Waals surface area contributed by atoms with Gasteiger partial charge >= 0.3 is 0 Å². The molecule has 1 heterocycles. The highest BCUT2D eigenvalue weighted by Gasteiger charge is 2.35. The molecule has 0 fully saturated rings. The molecule has 7 rings (SSSR count). The van der Waals surface area contributed by atoms with Crippen LogP contribution in [0, 0.1) is 13.8 Å². The normalized spacial score (nSPS) is 14.7. The van der Waals surface area contributed by atoms with Crippen LogP contribution in [0.2, 0.25) is 0 Å². The summed E-state index contributed by atoms with van der Waals surface area (Å²) in [6.07, 6.45) is 10.7. The van der Waals surface area contributed by atoms with Crippen LogP contribution >= 0.6 is 0 Å². The Bertz CT molecular complexity index is 1870. The Hall–Kier alpha value is -4.17. The van der Waals surface area contributed by atoms with Crippen molar-refractivity contribution in [2.75, 3.05) is 0 Å². The van der Waals surface area contributed by atoms with Crippen LogP contribution in [0.5, 0.6) is 11.5 Å². The molecule has 0 N–H and O–H groups in total. The van der Waals surface area contributed by atoms with Gasteiger partial charge in [-0.1, -0.05) is 68.5 Å². The van der Waals surface area contributed by atoms with Crippen molar-refractivity contribution in [3.05, 3.63) is 112 Å². The fourth-order valence-electron chi connectivity index (χ4n) is 6.60. The summed E-state index contributed by atoms with van der Waals surface area (Å²) in [7, 11) is 0. The molecule has 2 nitrogen and oxygen atoms in total. The van der Waals surface area contributed by atoms with E-state index in [0.29, 0.717) is 0 Å². The van der Waals surface area contributed by atoms with E-state index in [2.05, 4.69) is 112 Å². The first-order valence-corrected chi connectivity index (χ1v) is 13.5. The van der Waals surface area contributed by atoms with Gasteiger partial charge in [0.15, 0.2) is 0 Å². The van der Waals surface area contributed by atoms with Gasteiger partial charge in [0.2, 0.25) is 0 Å². The first-order valence-electron chi connectivity index (χ1n) is 13.5. The molecule has 0 aliphatic heterocycles. The molecule has 0 bridgehead atoms. The van der Waals surface area contributed by atoms with E-state index in [1.165, 1.54) is 54.9 Å². The summed E-state index contributed by atoms with van der Waals surface area (Å²) in [6, 6.07) is 24.4. The molecule has 0 radical (unpaired) electrons. The molecule has 5 aromatic rings. The quantitative estimate of drug-likeness (QED) is 0.254. The molecular formula is C36H31NO. The molecule has 0 saturated heterocycles. The van der Waals surface area contributed by atoms with E-state index in [1.54, 1.807) is 0 Å². The zero-order chi connectivity index (χ0) is 26.0. The molecule has 0 saturated carbocycles. The van der Waals surface area contributed by atoms with Gasteiger partial charge in [-0.15, -0.1) is 0 Å². The van der Waals surface area contributed by atoms with E-state index < -0.39 is 0 Å². The maximum absolute atomic E-state index is 6.71. The molecule has 0 amide bonds. The van der Waals surface area contributed by atoms with E-state index in [4.69, 9.17) is 4.74 Å². The predicted molar refractivity (Wildman–Crippen MR) is 158 cm³/mol. The maximum atomic E-state index is 6.71. The lowest BCUT2D eigenvalue weighted by atomic mass is 9.81. The molecule has 0 spiro atoms. The fourth-order valence-corrected chi connectivity index (χ4v) is 6.60. The smallest absolute Gasteiger partial charge is 0.142 e. The highest BCUT2D eigenvalue weighted by atomic mass is 16.5. The van der Waals surface area contributed by atoms with Crippen LogP contribution in [0.25, 0.3) is 45.2 Å². The summed E-state index contributed by atoms with van der Waals surface area (Å²) in [5, 5.41) is 4.67. The molecule has 0 atom stereocenters. The highest BCUT2D eigenvalue weighted by Crippen LogP contribution is 2.49. The van der Waals surface area contributed by atoms with Crippen LogP contribution in [-0.2, 0) is 5.41 Å². The number of hydrogen-bond acceptors (Lipinski definition) is 2. The van der Waals surface area contributed by atoms with Crippen molar-refractivity contribution in [3.8, 4) is 33.8 Å². The SMILES string of the molecule is Cc1cc(C)cc(Oc2c3c(c(-c4ccc5c(c4)C(C)(C)c4ccccc4-5)c4cnccc24)=CCCC=3)c1. The first kappa shape index (κ1) is 23.0. The van der Waals surface area contributed by atoms with E-state index in [-0.39, 0.29) is 5.41 Å². The van der Waals surface area contributed by atoms with Crippen molar-refractivity contribution >= 4 is 22.9 Å². The van der Waals surface area contributed by atoms with E-state index in [1.807, 2.05) is 12.4 Å². The van der Waals surface area contributed by atoms with Crippen LogP contribution < -0.4 is 15.2 Å². The van der Waals surface area contributed by atoms with Crippen molar-refractivity contribution < 1.29 is 4.74 Å². The van der Waals surface area contributed by atoms with Gasteiger partial charge in [0.25, 0.3) is 0 Å². The van der Waals surface area contributed by atoms with E-state index in [9.17, 15) is 0 Å². The first-order chi connectivity index (χ1) is 18.4. The second-order valence-electron chi connectivity index (χ2n) is 11.3. The van der Waals surface area contributed by atoms with Crippen molar-refractivity contribution in [3.63, 3.8) is 0 Å². The van der Waals surface area contributed by atoms with E-state index >= 15 is 0 Å². The number of ether oxygens (including phenoxy) is 1. The Labute approximate surface area is 224 Å². The summed E-state index contributed by atoms with van der Waals surface area (Å²) in [6.45, 7) is 8.93. The van der Waals surface area contributed by atoms with Crippen molar-refractivity contribution in [2.24, 2.45) is 0 Å². The maximum Gasteiger partial charge on any atom is 0.142 e. The van der Waals surface area contributed by atoms with Gasteiger partial charge in [-0.2, -0.15) is 0 Å². The second kappa shape index (κ2) is 8.43. The Morgan fingerprint density at radius 1 is 0.737 bits per heavy atom. The Balaban J connectivity index is 1.49. The number of hydrogen-bond donors (Lipinski definition) is 0. The lowest BCUT2D eigenvalue weighted by Gasteiger charge is -2.23. The summed E-state index contributed by atoms with van der Waals surface area (Å²) in [4.78, 5) is 4.58. The molecule has 2 aliphatic carbocycles. The molecule has 186 valence electrons. The minimum Gasteiger partial charge on any atom is -0.456 e. The molecule has 38 heavy (non-hydrogen) atoms. The topological polar surface area (TPSA) is 22.1 Å². The number of benzene rings is 4. The Kier molecular flexibility index (Phi) is 5.10. The third kappa shape index (κ3) is 3.44. The third-order valence-electron chi connectivity index (χ3n) is 8.29. The molecule has 1 aromatic heterocycles. The molecule has 0 unspecified atom stereocenters. The number of aryl methyl sites for hydroxylation is 2. The molecular weight excluding hydrogens is 462 g/mol. The number of pyridine rings is 1. The van der Waals surface area contributed by atoms with Crippen LogP contribution in [0.1, 0.15) is 48.9 Å². The predicted octanol–water partition coefficient (Wildman–Crippen LogP) is 7.97. The summed E-state index contributed by atoms with van der Waals surface area (Å²) >= 11 is 0. The zero-order valence-electron chi connectivity index (χ0n) is 22.4. The van der Waals surface area contributed by atoms with Gasteiger partial charge in [0.05, 0.1) is 0 Å². The van der Waals surface area contributed by atoms with Gasteiger partial charge in [-0.25, -0.2) is 0 Å². The number of rotatable bonds is 3. The van der Waals surface area contributed by atoms with Gasteiger partial charge in [0.1, 0.15) is 11.5 Å². The van der Waals surface area contributed by atoms with Crippen LogP contribution in [-0.4, -0.2) is 4.98 Å². The molecule has 2 aliphatic rings. The standard InChI is InChI=1S/C36H31NO/c1-22-17-23(2)19-25(18-22)38-35-29-11-6-5-10-28(29)34(31-21-37-16-15-30(31)35)24-13-14-27-26-9-7-8-12-32(26)36(3,4)33(27)20-24/h7-21H,5-6H2,1-4H3. The monoisotopic (exact) mass is 493 g/mol. The van der Waals surface area contributed by atoms with Crippen LogP contribution in [0.15, 0.2) is 79.1 Å². The molecule has 2 heteroatoms.